The summed E-state index contributed by atoms with van der Waals surface area (Å²) in [6.07, 6.45) is 0. The summed E-state index contributed by atoms with van der Waals surface area (Å²) in [7, 11) is 0. The molecular formula is C55H60N2O. The third-order valence-electron chi connectivity index (χ3n) is 15.5. The number of nitrogens with zero attached hydrogens (tertiary/aromatic N) is 2. The predicted octanol–water partition coefficient (Wildman–Crippen LogP) is 14.0. The van der Waals surface area contributed by atoms with E-state index in [9.17, 15) is 0 Å². The van der Waals surface area contributed by atoms with Crippen molar-refractivity contribution in [3.8, 4) is 34.0 Å². The summed E-state index contributed by atoms with van der Waals surface area (Å²) in [5, 5.41) is 0. The van der Waals surface area contributed by atoms with Gasteiger partial charge in [-0.05, 0) is 91.4 Å². The van der Waals surface area contributed by atoms with Crippen LogP contribution in [0.1, 0.15) is 153 Å². The Morgan fingerprint density at radius 1 is 0.397 bits per heavy atom. The summed E-state index contributed by atoms with van der Waals surface area (Å²) in [6.45, 7) is 32.8. The molecule has 1 aliphatic heterocycles. The van der Waals surface area contributed by atoms with Crippen LogP contribution in [0.25, 0.3) is 22.5 Å². The fraction of sp³-hybridized carbons (Fsp3) is 0.382. The molecule has 3 heteroatoms. The minimum atomic E-state index is -0.923. The Hall–Kier alpha value is -5.02. The van der Waals surface area contributed by atoms with Gasteiger partial charge in [-0.3, -0.25) is 9.97 Å². The van der Waals surface area contributed by atoms with Crippen LogP contribution in [0, 0.1) is 0 Å². The Labute approximate surface area is 347 Å². The zero-order valence-corrected chi connectivity index (χ0v) is 37.2. The largest absolute Gasteiger partial charge is 0.457 e. The molecule has 0 fully saturated rings. The number of pyridine rings is 2. The first-order chi connectivity index (χ1) is 27.0. The minimum absolute atomic E-state index is 0.105. The van der Waals surface area contributed by atoms with Crippen LogP contribution in [0.3, 0.4) is 0 Å². The van der Waals surface area contributed by atoms with E-state index in [1.165, 1.54) is 44.5 Å². The van der Waals surface area contributed by atoms with Gasteiger partial charge in [-0.15, -0.1) is 0 Å². The first-order valence-electron chi connectivity index (χ1n) is 21.3. The molecule has 0 bridgehead atoms. The van der Waals surface area contributed by atoms with Gasteiger partial charge in [0.05, 0.1) is 22.8 Å². The van der Waals surface area contributed by atoms with Crippen LogP contribution in [-0.2, 0) is 37.9 Å². The lowest BCUT2D eigenvalue weighted by Gasteiger charge is -2.49. The fourth-order valence-electron chi connectivity index (χ4n) is 10.3. The van der Waals surface area contributed by atoms with Gasteiger partial charge in [0.1, 0.15) is 16.9 Å². The Morgan fingerprint density at radius 2 is 0.759 bits per heavy atom. The van der Waals surface area contributed by atoms with E-state index in [0.717, 1.165) is 45.4 Å². The Bertz CT molecular complexity index is 2490. The van der Waals surface area contributed by atoms with Gasteiger partial charge in [-0.1, -0.05) is 170 Å². The van der Waals surface area contributed by atoms with E-state index in [1.54, 1.807) is 0 Å². The number of benzene rings is 4. The van der Waals surface area contributed by atoms with Gasteiger partial charge in [0.2, 0.25) is 0 Å². The van der Waals surface area contributed by atoms with Gasteiger partial charge in [-0.25, -0.2) is 0 Å². The lowest BCUT2D eigenvalue weighted by atomic mass is 9.55. The molecule has 6 aromatic rings. The number of ether oxygens (including phenoxy) is 1. The maximum absolute atomic E-state index is 7.01. The molecule has 0 spiro atoms. The van der Waals surface area contributed by atoms with Crippen molar-refractivity contribution in [2.75, 3.05) is 0 Å². The number of fused-ring (bicyclic) bond motifs is 8. The molecule has 9 rings (SSSR count). The molecule has 2 aromatic heterocycles. The van der Waals surface area contributed by atoms with Gasteiger partial charge in [-0.2, -0.15) is 0 Å². The highest BCUT2D eigenvalue weighted by molar-refractivity contribution is 5.78. The molecule has 3 aliphatic rings. The van der Waals surface area contributed by atoms with Crippen molar-refractivity contribution in [1.82, 2.24) is 9.97 Å². The topological polar surface area (TPSA) is 35.0 Å². The normalized spacial score (nSPS) is 18.7. The molecule has 3 nitrogen and oxygen atoms in total. The smallest absolute Gasteiger partial charge is 0.132 e. The second-order valence-corrected chi connectivity index (χ2v) is 21.6. The second-order valence-electron chi connectivity index (χ2n) is 21.6. The maximum Gasteiger partial charge on any atom is 0.132 e. The third kappa shape index (κ3) is 5.04. The van der Waals surface area contributed by atoms with Crippen molar-refractivity contribution in [3.05, 3.63) is 165 Å². The lowest BCUT2D eigenvalue weighted by molar-refractivity contribution is 0.297. The highest BCUT2D eigenvalue weighted by atomic mass is 16.5. The van der Waals surface area contributed by atoms with Crippen molar-refractivity contribution >= 4 is 0 Å². The molecular weight excluding hydrogens is 705 g/mol. The van der Waals surface area contributed by atoms with E-state index in [1.807, 2.05) is 0 Å². The van der Waals surface area contributed by atoms with Crippen molar-refractivity contribution in [3.63, 3.8) is 0 Å². The summed E-state index contributed by atoms with van der Waals surface area (Å²) >= 11 is 0. The molecule has 3 heterocycles. The summed E-state index contributed by atoms with van der Waals surface area (Å²) in [4.78, 5) is 12.0. The quantitative estimate of drug-likeness (QED) is 0.176. The van der Waals surface area contributed by atoms with Crippen molar-refractivity contribution in [1.29, 1.82) is 0 Å². The SMILES string of the molecule is CC(C)(C)c1ccc2c(c1)C(c1ccc3c(n1)-c1ccccc1C(C)(C)C3(C)C)(c1ccc3c(n1)-c1ccccc1C(C)(C)C3(C)C)c1cc(C(C)(C)C)ccc1O2. The minimum Gasteiger partial charge on any atom is -0.457 e. The molecule has 0 saturated heterocycles. The van der Waals surface area contributed by atoms with Gasteiger partial charge in [0.25, 0.3) is 0 Å². The summed E-state index contributed by atoms with van der Waals surface area (Å²) in [5.41, 5.74) is 14.6. The zero-order valence-electron chi connectivity index (χ0n) is 37.2. The number of hydrogen-bond donors (Lipinski definition) is 0. The summed E-state index contributed by atoms with van der Waals surface area (Å²) in [5.74, 6) is 1.68. The molecule has 4 aromatic carbocycles. The molecule has 0 amide bonds. The Balaban J connectivity index is 1.47. The zero-order chi connectivity index (χ0) is 41.6. The van der Waals surface area contributed by atoms with Crippen LogP contribution >= 0.6 is 0 Å². The van der Waals surface area contributed by atoms with E-state index in [2.05, 4.69) is 206 Å². The monoisotopic (exact) mass is 764 g/mol. The number of hydrogen-bond acceptors (Lipinski definition) is 3. The van der Waals surface area contributed by atoms with Crippen molar-refractivity contribution in [2.24, 2.45) is 0 Å². The van der Waals surface area contributed by atoms with E-state index in [-0.39, 0.29) is 32.5 Å². The predicted molar refractivity (Wildman–Crippen MR) is 241 cm³/mol. The molecule has 0 radical (unpaired) electrons. The summed E-state index contributed by atoms with van der Waals surface area (Å²) in [6, 6.07) is 40.9. The van der Waals surface area contributed by atoms with Crippen LogP contribution in [0.5, 0.6) is 11.5 Å². The average molecular weight is 765 g/mol. The number of rotatable bonds is 2. The first-order valence-corrected chi connectivity index (χ1v) is 21.3. The van der Waals surface area contributed by atoms with E-state index >= 15 is 0 Å². The van der Waals surface area contributed by atoms with Crippen LogP contribution < -0.4 is 4.74 Å². The second kappa shape index (κ2) is 12.0. The van der Waals surface area contributed by atoms with Crippen LogP contribution in [0.15, 0.2) is 109 Å². The maximum atomic E-state index is 7.01. The fourth-order valence-corrected chi connectivity index (χ4v) is 10.3. The first kappa shape index (κ1) is 38.5. The van der Waals surface area contributed by atoms with Crippen molar-refractivity contribution in [2.45, 2.75) is 135 Å². The van der Waals surface area contributed by atoms with Crippen LogP contribution in [0.2, 0.25) is 0 Å². The average Bonchev–Trinajstić information content (AvgIpc) is 3.17. The molecule has 0 N–H and O–H groups in total. The number of aromatic nitrogens is 2. The third-order valence-corrected chi connectivity index (χ3v) is 15.5. The van der Waals surface area contributed by atoms with E-state index < -0.39 is 5.41 Å². The van der Waals surface area contributed by atoms with Crippen LogP contribution in [-0.4, -0.2) is 9.97 Å². The lowest BCUT2D eigenvalue weighted by Crippen LogP contribution is -2.45. The Kier molecular flexibility index (Phi) is 7.98. The molecule has 0 unspecified atom stereocenters. The van der Waals surface area contributed by atoms with E-state index in [4.69, 9.17) is 14.7 Å². The van der Waals surface area contributed by atoms with E-state index in [0.29, 0.717) is 0 Å². The molecule has 2 aliphatic carbocycles. The highest BCUT2D eigenvalue weighted by Crippen LogP contribution is 2.60. The standard InChI is InChI=1S/C55H60N2O/c1-49(2,3)33-23-27-43-41(31-33)55(42-32-34(50(4,5)6)24-28-44(42)58-43,45-29-25-39-47(56-45)35-19-15-17-21-37(35)51(7,8)53(39,11)12)46-30-26-40-48(57-46)36-20-16-18-22-38(36)52(9,10)54(40,13)14/h15-32H,1-14H3. The molecule has 0 atom stereocenters. The highest BCUT2D eigenvalue weighted by Gasteiger charge is 2.53. The van der Waals surface area contributed by atoms with Gasteiger partial charge in [0, 0.05) is 33.1 Å². The Morgan fingerprint density at radius 3 is 1.14 bits per heavy atom. The van der Waals surface area contributed by atoms with Gasteiger partial charge in [0.15, 0.2) is 0 Å². The molecule has 0 saturated carbocycles. The molecule has 58 heavy (non-hydrogen) atoms. The van der Waals surface area contributed by atoms with Gasteiger partial charge < -0.3 is 4.74 Å². The van der Waals surface area contributed by atoms with Crippen LogP contribution in [0.4, 0.5) is 0 Å². The van der Waals surface area contributed by atoms with Crippen molar-refractivity contribution < 1.29 is 4.74 Å². The molecule has 296 valence electrons. The summed E-state index contributed by atoms with van der Waals surface area (Å²) < 4.78 is 7.01. The van der Waals surface area contributed by atoms with Gasteiger partial charge >= 0.3 is 0 Å².